The van der Waals surface area contributed by atoms with Gasteiger partial charge >= 0.3 is 0 Å². The van der Waals surface area contributed by atoms with Gasteiger partial charge in [0.05, 0.1) is 24.2 Å². The molecule has 0 spiro atoms. The van der Waals surface area contributed by atoms with E-state index < -0.39 is 0 Å². The lowest BCUT2D eigenvalue weighted by Gasteiger charge is -2.20. The summed E-state index contributed by atoms with van der Waals surface area (Å²) in [6, 6.07) is 3.91. The second-order valence-electron chi connectivity index (χ2n) is 6.91. The number of hydrogen-bond donors (Lipinski definition) is 1. The van der Waals surface area contributed by atoms with Crippen LogP contribution in [-0.2, 0) is 29.6 Å². The first-order valence-corrected chi connectivity index (χ1v) is 9.13. The summed E-state index contributed by atoms with van der Waals surface area (Å²) in [7, 11) is 1.79. The van der Waals surface area contributed by atoms with Crippen LogP contribution in [0, 0.1) is 5.92 Å². The summed E-state index contributed by atoms with van der Waals surface area (Å²) in [5.74, 6) is 0.306. The summed E-state index contributed by atoms with van der Waals surface area (Å²) in [4.78, 5) is 21.4. The number of pyridine rings is 2. The van der Waals surface area contributed by atoms with Crippen LogP contribution < -0.4 is 0 Å². The van der Waals surface area contributed by atoms with Crippen molar-refractivity contribution < 1.29 is 14.6 Å². The van der Waals surface area contributed by atoms with E-state index in [1.807, 2.05) is 12.1 Å². The minimum atomic E-state index is -0.104. The Kier molecular flexibility index (Phi) is 4.96. The van der Waals surface area contributed by atoms with Crippen LogP contribution >= 0.6 is 0 Å². The fraction of sp³-hybridized carbons (Fsp3) is 0.400. The smallest absolute Gasteiger partial charge is 0.142 e. The summed E-state index contributed by atoms with van der Waals surface area (Å²) in [5, 5.41) is 15.7. The molecule has 1 aliphatic heterocycles. The number of aromatic nitrogens is 4. The Morgan fingerprint density at radius 1 is 1.19 bits per heavy atom. The van der Waals surface area contributed by atoms with Crippen LogP contribution in [0.1, 0.15) is 24.2 Å². The van der Waals surface area contributed by atoms with Crippen LogP contribution in [-0.4, -0.2) is 43.9 Å². The summed E-state index contributed by atoms with van der Waals surface area (Å²) in [6.45, 7) is 1.22. The van der Waals surface area contributed by atoms with Gasteiger partial charge in [-0.3, -0.25) is 19.4 Å². The average molecular weight is 366 g/mol. The number of aryl methyl sites for hydroxylation is 1. The Balaban J connectivity index is 1.62. The van der Waals surface area contributed by atoms with Gasteiger partial charge in [0.25, 0.3) is 0 Å². The molecule has 1 saturated heterocycles. The van der Waals surface area contributed by atoms with Crippen LogP contribution in [0.15, 0.2) is 30.7 Å². The fourth-order valence-electron chi connectivity index (χ4n) is 3.53. The highest BCUT2D eigenvalue weighted by Gasteiger charge is 2.22. The molecule has 140 valence electrons. The monoisotopic (exact) mass is 366 g/mol. The maximum absolute atomic E-state index is 12.5. The summed E-state index contributed by atoms with van der Waals surface area (Å²) < 4.78 is 6.98. The predicted octanol–water partition coefficient (Wildman–Crippen LogP) is 2.06. The molecule has 0 bridgehead atoms. The number of ether oxygens (including phenoxy) is 1. The van der Waals surface area contributed by atoms with Crippen LogP contribution in [0.5, 0.6) is 0 Å². The molecule has 3 aromatic rings. The lowest BCUT2D eigenvalue weighted by Crippen LogP contribution is -2.24. The van der Waals surface area contributed by atoms with Crippen molar-refractivity contribution in [1.82, 2.24) is 19.7 Å². The second kappa shape index (κ2) is 7.54. The Bertz CT molecular complexity index is 977. The molecule has 7 heteroatoms. The molecule has 4 heterocycles. The number of carbonyl (C=O) groups is 1. The SMILES string of the molecule is Cn1ncc(-c2cc3cc(CC(=O)C4CCOCC4)ncc3cn2)c1CO. The number of aliphatic hydroxyl groups is 1. The maximum atomic E-state index is 12.5. The molecule has 1 N–H and O–H groups in total. The van der Waals surface area contributed by atoms with Crippen LogP contribution in [0.25, 0.3) is 22.0 Å². The highest BCUT2D eigenvalue weighted by molar-refractivity contribution is 5.87. The van der Waals surface area contributed by atoms with Gasteiger partial charge in [-0.25, -0.2) is 0 Å². The molecule has 1 aliphatic rings. The summed E-state index contributed by atoms with van der Waals surface area (Å²) in [5.41, 5.74) is 3.03. The standard InChI is InChI=1S/C20H22N4O3/c1-24-19(12-25)17(11-23-24)18-7-14-6-16(21-9-15(14)10-22-18)8-20(26)13-2-4-27-5-3-13/h6-7,9-11,13,25H,2-5,8,12H2,1H3. The molecule has 0 radical (unpaired) electrons. The molecule has 1 fully saturated rings. The number of Topliss-reactive ketones (excluding diaryl/α,β-unsaturated/α-hetero) is 1. The molecule has 7 nitrogen and oxygen atoms in total. The quantitative estimate of drug-likeness (QED) is 0.743. The number of fused-ring (bicyclic) bond motifs is 1. The Morgan fingerprint density at radius 3 is 2.74 bits per heavy atom. The highest BCUT2D eigenvalue weighted by Crippen LogP contribution is 2.25. The zero-order valence-electron chi connectivity index (χ0n) is 15.3. The predicted molar refractivity (Wildman–Crippen MR) is 99.9 cm³/mol. The number of rotatable bonds is 5. The van der Waals surface area contributed by atoms with Crippen molar-refractivity contribution in [1.29, 1.82) is 0 Å². The Morgan fingerprint density at radius 2 is 1.96 bits per heavy atom. The molecule has 0 saturated carbocycles. The van der Waals surface area contributed by atoms with Crippen molar-refractivity contribution in [3.05, 3.63) is 42.1 Å². The first-order chi connectivity index (χ1) is 13.2. The van der Waals surface area contributed by atoms with Gasteiger partial charge in [0.1, 0.15) is 5.78 Å². The molecule has 0 aromatic carbocycles. The van der Waals surface area contributed by atoms with E-state index in [-0.39, 0.29) is 18.3 Å². The van der Waals surface area contributed by atoms with Gasteiger partial charge in [0, 0.05) is 61.6 Å². The molecule has 0 atom stereocenters. The molecule has 4 rings (SSSR count). The number of nitrogens with zero attached hydrogens (tertiary/aromatic N) is 4. The van der Waals surface area contributed by atoms with E-state index in [0.29, 0.717) is 25.3 Å². The van der Waals surface area contributed by atoms with Gasteiger partial charge in [-0.2, -0.15) is 5.10 Å². The highest BCUT2D eigenvalue weighted by atomic mass is 16.5. The van der Waals surface area contributed by atoms with Crippen LogP contribution in [0.4, 0.5) is 0 Å². The zero-order chi connectivity index (χ0) is 18.8. The van der Waals surface area contributed by atoms with E-state index >= 15 is 0 Å². The number of aliphatic hydroxyl groups excluding tert-OH is 1. The van der Waals surface area contributed by atoms with Crippen molar-refractivity contribution in [3.8, 4) is 11.3 Å². The van der Waals surface area contributed by atoms with Gasteiger partial charge in [-0.1, -0.05) is 0 Å². The lowest BCUT2D eigenvalue weighted by molar-refractivity contribution is -0.125. The van der Waals surface area contributed by atoms with E-state index in [0.717, 1.165) is 40.6 Å². The first-order valence-electron chi connectivity index (χ1n) is 9.13. The molecule has 0 aliphatic carbocycles. The number of ketones is 1. The fourth-order valence-corrected chi connectivity index (χ4v) is 3.53. The zero-order valence-corrected chi connectivity index (χ0v) is 15.3. The minimum Gasteiger partial charge on any atom is -0.390 e. The topological polar surface area (TPSA) is 90.1 Å². The summed E-state index contributed by atoms with van der Waals surface area (Å²) in [6.07, 6.45) is 7.16. The minimum absolute atomic E-state index is 0.0757. The lowest BCUT2D eigenvalue weighted by atomic mass is 9.92. The van der Waals surface area contributed by atoms with Crippen molar-refractivity contribution in [3.63, 3.8) is 0 Å². The summed E-state index contributed by atoms with van der Waals surface area (Å²) >= 11 is 0. The van der Waals surface area contributed by atoms with Gasteiger partial charge in [0.2, 0.25) is 0 Å². The van der Waals surface area contributed by atoms with Gasteiger partial charge in [-0.15, -0.1) is 0 Å². The van der Waals surface area contributed by atoms with E-state index in [2.05, 4.69) is 15.1 Å². The van der Waals surface area contributed by atoms with Crippen molar-refractivity contribution in [2.45, 2.75) is 25.9 Å². The number of hydrogen-bond acceptors (Lipinski definition) is 6. The maximum Gasteiger partial charge on any atom is 0.142 e. The molecular formula is C20H22N4O3. The third-order valence-corrected chi connectivity index (χ3v) is 5.18. The largest absolute Gasteiger partial charge is 0.390 e. The first kappa shape index (κ1) is 17.8. The van der Waals surface area contributed by atoms with Crippen LogP contribution in [0.3, 0.4) is 0 Å². The molecular weight excluding hydrogens is 344 g/mol. The third kappa shape index (κ3) is 3.61. The molecule has 0 unspecified atom stereocenters. The Labute approximate surface area is 157 Å². The van der Waals surface area contributed by atoms with Crippen LogP contribution in [0.2, 0.25) is 0 Å². The molecule has 0 amide bonds. The average Bonchev–Trinajstić information content (AvgIpc) is 3.08. The van der Waals surface area contributed by atoms with E-state index in [1.54, 1.807) is 30.3 Å². The third-order valence-electron chi connectivity index (χ3n) is 5.18. The molecule has 27 heavy (non-hydrogen) atoms. The van der Waals surface area contributed by atoms with Crippen molar-refractivity contribution >= 4 is 16.6 Å². The van der Waals surface area contributed by atoms with E-state index in [1.165, 1.54) is 0 Å². The van der Waals surface area contributed by atoms with Gasteiger partial charge in [-0.05, 0) is 30.4 Å². The van der Waals surface area contributed by atoms with Crippen molar-refractivity contribution in [2.24, 2.45) is 13.0 Å². The molecule has 3 aromatic heterocycles. The Hall–Kier alpha value is -2.64. The van der Waals surface area contributed by atoms with Gasteiger partial charge < -0.3 is 9.84 Å². The van der Waals surface area contributed by atoms with E-state index in [4.69, 9.17) is 4.74 Å². The second-order valence-corrected chi connectivity index (χ2v) is 6.91. The normalized spacial score (nSPS) is 15.3. The van der Waals surface area contributed by atoms with Crippen molar-refractivity contribution in [2.75, 3.05) is 13.2 Å². The number of carbonyl (C=O) groups excluding carboxylic acids is 1. The van der Waals surface area contributed by atoms with Gasteiger partial charge in [0.15, 0.2) is 0 Å². The van der Waals surface area contributed by atoms with E-state index in [9.17, 15) is 9.90 Å².